The summed E-state index contributed by atoms with van der Waals surface area (Å²) in [5.41, 5.74) is 8.98. The van der Waals surface area contributed by atoms with Crippen LogP contribution in [-0.2, 0) is 0 Å². The van der Waals surface area contributed by atoms with E-state index in [0.29, 0.717) is 0 Å². The van der Waals surface area contributed by atoms with E-state index in [9.17, 15) is 4.39 Å². The summed E-state index contributed by atoms with van der Waals surface area (Å²) in [6.45, 7) is 0. The summed E-state index contributed by atoms with van der Waals surface area (Å²) in [4.78, 5) is 4.56. The van der Waals surface area contributed by atoms with E-state index < -0.39 is 0 Å². The fourth-order valence-electron chi connectivity index (χ4n) is 1.99. The number of nitrogens with two attached hydrogens (primary N) is 1. The minimum absolute atomic E-state index is 0.226. The molecule has 1 unspecified atom stereocenters. The van der Waals surface area contributed by atoms with Gasteiger partial charge in [-0.1, -0.05) is 30.3 Å². The van der Waals surface area contributed by atoms with Gasteiger partial charge in [0.2, 0.25) is 0 Å². The monoisotopic (exact) mass is 284 g/mol. The van der Waals surface area contributed by atoms with E-state index in [1.54, 1.807) is 12.1 Å². The van der Waals surface area contributed by atoms with Crippen molar-refractivity contribution in [3.63, 3.8) is 0 Å². The number of thiazole rings is 1. The zero-order valence-electron chi connectivity index (χ0n) is 10.7. The molecule has 0 radical (unpaired) electrons. The first-order valence-electron chi connectivity index (χ1n) is 6.26. The van der Waals surface area contributed by atoms with Crippen LogP contribution in [0.2, 0.25) is 0 Å². The maximum Gasteiger partial charge on any atom is 0.123 e. The quantitative estimate of drug-likeness (QED) is 0.789. The molecular formula is C16H13FN2S. The van der Waals surface area contributed by atoms with Crippen molar-refractivity contribution in [3.05, 3.63) is 76.4 Å². The predicted octanol–water partition coefficient (Wildman–Crippen LogP) is 4.00. The Balaban J connectivity index is 1.89. The van der Waals surface area contributed by atoms with Gasteiger partial charge in [-0.15, -0.1) is 11.3 Å². The first-order chi connectivity index (χ1) is 9.74. The average Bonchev–Trinajstić information content (AvgIpc) is 2.98. The SMILES string of the molecule is NC(c1ccccc1)c1nc(-c2ccc(F)cc2)cs1. The van der Waals surface area contributed by atoms with E-state index >= 15 is 0 Å². The minimum atomic E-state index is -0.245. The second kappa shape index (κ2) is 5.53. The van der Waals surface area contributed by atoms with Crippen molar-refractivity contribution >= 4 is 11.3 Å². The molecular weight excluding hydrogens is 271 g/mol. The van der Waals surface area contributed by atoms with Gasteiger partial charge in [0.15, 0.2) is 0 Å². The van der Waals surface area contributed by atoms with Crippen molar-refractivity contribution < 1.29 is 4.39 Å². The molecule has 0 fully saturated rings. The van der Waals surface area contributed by atoms with Crippen LogP contribution in [0.1, 0.15) is 16.6 Å². The zero-order valence-corrected chi connectivity index (χ0v) is 11.5. The number of hydrogen-bond acceptors (Lipinski definition) is 3. The lowest BCUT2D eigenvalue weighted by molar-refractivity contribution is 0.628. The van der Waals surface area contributed by atoms with Crippen LogP contribution in [0.25, 0.3) is 11.3 Å². The summed E-state index contributed by atoms with van der Waals surface area (Å²) in [6, 6.07) is 16.0. The Labute approximate surface area is 120 Å². The number of rotatable bonds is 3. The smallest absolute Gasteiger partial charge is 0.123 e. The van der Waals surface area contributed by atoms with Crippen LogP contribution >= 0.6 is 11.3 Å². The standard InChI is InChI=1S/C16H13FN2S/c17-13-8-6-11(7-9-13)14-10-20-16(19-14)15(18)12-4-2-1-3-5-12/h1-10,15H,18H2. The molecule has 3 aromatic rings. The van der Waals surface area contributed by atoms with Gasteiger partial charge in [0.25, 0.3) is 0 Å². The lowest BCUT2D eigenvalue weighted by Gasteiger charge is -2.08. The molecule has 0 saturated heterocycles. The highest BCUT2D eigenvalue weighted by Crippen LogP contribution is 2.27. The lowest BCUT2D eigenvalue weighted by atomic mass is 10.1. The molecule has 0 aliphatic heterocycles. The van der Waals surface area contributed by atoms with E-state index in [1.165, 1.54) is 23.5 Å². The number of halogens is 1. The summed E-state index contributed by atoms with van der Waals surface area (Å²) in [5, 5.41) is 2.81. The van der Waals surface area contributed by atoms with E-state index in [1.807, 2.05) is 35.7 Å². The molecule has 0 spiro atoms. The molecule has 2 nitrogen and oxygen atoms in total. The minimum Gasteiger partial charge on any atom is -0.318 e. The van der Waals surface area contributed by atoms with Crippen LogP contribution in [0.5, 0.6) is 0 Å². The van der Waals surface area contributed by atoms with Crippen molar-refractivity contribution in [2.24, 2.45) is 5.73 Å². The van der Waals surface area contributed by atoms with Gasteiger partial charge >= 0.3 is 0 Å². The van der Waals surface area contributed by atoms with Gasteiger partial charge in [0, 0.05) is 10.9 Å². The van der Waals surface area contributed by atoms with E-state index in [-0.39, 0.29) is 11.9 Å². The topological polar surface area (TPSA) is 38.9 Å². The third kappa shape index (κ3) is 2.61. The molecule has 0 amide bonds. The van der Waals surface area contributed by atoms with Crippen LogP contribution in [-0.4, -0.2) is 4.98 Å². The van der Waals surface area contributed by atoms with Gasteiger partial charge in [0.1, 0.15) is 10.8 Å². The molecule has 0 aliphatic carbocycles. The molecule has 1 aromatic heterocycles. The van der Waals surface area contributed by atoms with E-state index in [4.69, 9.17) is 5.73 Å². The predicted molar refractivity (Wildman–Crippen MR) is 80.0 cm³/mol. The highest BCUT2D eigenvalue weighted by molar-refractivity contribution is 7.10. The zero-order chi connectivity index (χ0) is 13.9. The maximum atomic E-state index is 12.9. The van der Waals surface area contributed by atoms with Gasteiger partial charge in [-0.3, -0.25) is 0 Å². The van der Waals surface area contributed by atoms with Crippen LogP contribution in [0, 0.1) is 5.82 Å². The molecule has 4 heteroatoms. The van der Waals surface area contributed by atoms with Crippen LogP contribution in [0.15, 0.2) is 60.0 Å². The Morgan fingerprint density at radius 3 is 2.40 bits per heavy atom. The summed E-state index contributed by atoms with van der Waals surface area (Å²) >= 11 is 1.52. The van der Waals surface area contributed by atoms with Gasteiger partial charge in [-0.25, -0.2) is 9.37 Å². The summed E-state index contributed by atoms with van der Waals surface area (Å²) < 4.78 is 12.9. The molecule has 0 aliphatic rings. The largest absolute Gasteiger partial charge is 0.318 e. The highest BCUT2D eigenvalue weighted by atomic mass is 32.1. The fourth-order valence-corrected chi connectivity index (χ4v) is 2.84. The van der Waals surface area contributed by atoms with Gasteiger partial charge < -0.3 is 5.73 Å². The number of aromatic nitrogens is 1. The number of benzene rings is 2. The van der Waals surface area contributed by atoms with Crippen molar-refractivity contribution in [2.75, 3.05) is 0 Å². The van der Waals surface area contributed by atoms with Gasteiger partial charge in [0.05, 0.1) is 11.7 Å². The normalized spacial score (nSPS) is 12.3. The van der Waals surface area contributed by atoms with E-state index in [0.717, 1.165) is 21.8 Å². The second-order valence-electron chi connectivity index (χ2n) is 4.47. The van der Waals surface area contributed by atoms with Gasteiger partial charge in [-0.05, 0) is 29.8 Å². The Kier molecular flexibility index (Phi) is 3.58. The highest BCUT2D eigenvalue weighted by Gasteiger charge is 2.13. The first kappa shape index (κ1) is 13.0. The average molecular weight is 284 g/mol. The molecule has 1 heterocycles. The van der Waals surface area contributed by atoms with Gasteiger partial charge in [-0.2, -0.15) is 0 Å². The van der Waals surface area contributed by atoms with Crippen LogP contribution in [0.3, 0.4) is 0 Å². The summed E-state index contributed by atoms with van der Waals surface area (Å²) in [6.07, 6.45) is 0. The molecule has 100 valence electrons. The van der Waals surface area contributed by atoms with Crippen molar-refractivity contribution in [1.82, 2.24) is 4.98 Å². The fraction of sp³-hybridized carbons (Fsp3) is 0.0625. The Bertz CT molecular complexity index is 692. The molecule has 20 heavy (non-hydrogen) atoms. The molecule has 3 rings (SSSR count). The van der Waals surface area contributed by atoms with Crippen molar-refractivity contribution in [2.45, 2.75) is 6.04 Å². The van der Waals surface area contributed by atoms with Crippen LogP contribution in [0.4, 0.5) is 4.39 Å². The lowest BCUT2D eigenvalue weighted by Crippen LogP contribution is -2.11. The Hall–Kier alpha value is -2.04. The molecule has 1 atom stereocenters. The first-order valence-corrected chi connectivity index (χ1v) is 7.14. The summed E-state index contributed by atoms with van der Waals surface area (Å²) in [5.74, 6) is -0.245. The van der Waals surface area contributed by atoms with Crippen LogP contribution < -0.4 is 5.73 Å². The number of nitrogens with zero attached hydrogens (tertiary/aromatic N) is 1. The molecule has 2 N–H and O–H groups in total. The molecule has 0 bridgehead atoms. The third-order valence-corrected chi connectivity index (χ3v) is 4.01. The Morgan fingerprint density at radius 1 is 1.00 bits per heavy atom. The third-order valence-electron chi connectivity index (χ3n) is 3.09. The summed E-state index contributed by atoms with van der Waals surface area (Å²) in [7, 11) is 0. The van der Waals surface area contributed by atoms with Crippen molar-refractivity contribution in [1.29, 1.82) is 0 Å². The Morgan fingerprint density at radius 2 is 1.70 bits per heavy atom. The van der Waals surface area contributed by atoms with Crippen molar-refractivity contribution in [3.8, 4) is 11.3 Å². The van der Waals surface area contributed by atoms with E-state index in [2.05, 4.69) is 4.98 Å². The number of hydrogen-bond donors (Lipinski definition) is 1. The maximum absolute atomic E-state index is 12.9. The second-order valence-corrected chi connectivity index (χ2v) is 5.36. The molecule has 2 aromatic carbocycles. The molecule has 0 saturated carbocycles.